The molecule has 4 N–H and O–H groups in total. The summed E-state index contributed by atoms with van der Waals surface area (Å²) >= 11 is 0. The summed E-state index contributed by atoms with van der Waals surface area (Å²) < 4.78 is 10.8. The fraction of sp³-hybridized carbons (Fsp3) is 0.667. The van der Waals surface area contributed by atoms with Gasteiger partial charge in [0.05, 0.1) is 30.3 Å². The molecule has 0 aromatic rings. The summed E-state index contributed by atoms with van der Waals surface area (Å²) in [6.45, 7) is 4.71. The molecule has 3 aliphatic rings. The molecule has 22 heavy (non-hydrogen) atoms. The first kappa shape index (κ1) is 15.6. The molecule has 0 radical (unpaired) electrons. The van der Waals surface area contributed by atoms with E-state index in [-0.39, 0.29) is 24.0 Å². The molecule has 3 aliphatic heterocycles. The number of fused-ring (bicyclic) bond motifs is 3. The van der Waals surface area contributed by atoms with Gasteiger partial charge in [0.15, 0.2) is 5.79 Å². The van der Waals surface area contributed by atoms with Gasteiger partial charge in [0.2, 0.25) is 0 Å². The van der Waals surface area contributed by atoms with Crippen LogP contribution in [0.5, 0.6) is 0 Å². The van der Waals surface area contributed by atoms with E-state index in [1.54, 1.807) is 6.92 Å². The van der Waals surface area contributed by atoms with Gasteiger partial charge in [-0.25, -0.2) is 4.79 Å². The minimum absolute atomic E-state index is 0.000147. The highest BCUT2D eigenvalue weighted by atomic mass is 16.7. The predicted molar refractivity (Wildman–Crippen MR) is 73.4 cm³/mol. The Kier molecular flexibility index (Phi) is 3.46. The first-order valence-corrected chi connectivity index (χ1v) is 7.21. The number of ether oxygens (including phenoxy) is 2. The second kappa shape index (κ2) is 4.87. The lowest BCUT2D eigenvalue weighted by Gasteiger charge is -2.32. The second-order valence-corrected chi connectivity index (χ2v) is 6.46. The van der Waals surface area contributed by atoms with Crippen molar-refractivity contribution < 1.29 is 34.7 Å². The van der Waals surface area contributed by atoms with Crippen LogP contribution >= 0.6 is 0 Å². The molecular weight excluding hydrogens is 292 g/mol. The van der Waals surface area contributed by atoms with Gasteiger partial charge in [-0.2, -0.15) is 0 Å². The van der Waals surface area contributed by atoms with Crippen LogP contribution in [0.15, 0.2) is 23.8 Å². The van der Waals surface area contributed by atoms with Crippen molar-refractivity contribution >= 4 is 5.97 Å². The van der Waals surface area contributed by atoms with Crippen molar-refractivity contribution in [3.05, 3.63) is 23.8 Å². The van der Waals surface area contributed by atoms with Crippen molar-refractivity contribution in [1.29, 1.82) is 0 Å². The highest BCUT2D eigenvalue weighted by Gasteiger charge is 2.57. The Hall–Kier alpha value is -1.25. The maximum absolute atomic E-state index is 11.7. The average molecular weight is 312 g/mol. The molecule has 0 aromatic carbocycles. The summed E-state index contributed by atoms with van der Waals surface area (Å²) in [7, 11) is 0. The van der Waals surface area contributed by atoms with E-state index in [4.69, 9.17) is 9.47 Å². The zero-order chi connectivity index (χ0) is 16.3. The molecule has 0 aromatic heterocycles. The van der Waals surface area contributed by atoms with Crippen molar-refractivity contribution in [3.8, 4) is 0 Å². The number of rotatable bonds is 1. The van der Waals surface area contributed by atoms with Crippen molar-refractivity contribution in [2.24, 2.45) is 5.92 Å². The summed E-state index contributed by atoms with van der Waals surface area (Å²) in [6.07, 6.45) is -1.64. The third-order valence-corrected chi connectivity index (χ3v) is 4.91. The summed E-state index contributed by atoms with van der Waals surface area (Å²) in [4.78, 5) is 11.7. The number of carbonyl (C=O) groups is 1. The third kappa shape index (κ3) is 2.12. The number of hydrogen-bond acceptors (Lipinski definition) is 7. The standard InChI is InChI=1S/C15H20O7/c1-7-12-9(17)4-14(2)11(18)5-15(20,22-14)8(6-16)3-10(12)21-13(7)19/h3,9-12,16-18,20H,1,4-6H2,2H3/b8-3-/t9-,10-,11+,12-,14-,15-/m1/s1. The smallest absolute Gasteiger partial charge is 0.334 e. The maximum atomic E-state index is 11.7. The Labute approximate surface area is 127 Å². The average Bonchev–Trinajstić information content (AvgIpc) is 2.82. The van der Waals surface area contributed by atoms with Crippen LogP contribution in [0.25, 0.3) is 0 Å². The summed E-state index contributed by atoms with van der Waals surface area (Å²) in [5.41, 5.74) is -0.973. The Morgan fingerprint density at radius 1 is 1.41 bits per heavy atom. The van der Waals surface area contributed by atoms with E-state index in [1.807, 2.05) is 0 Å². The Bertz CT molecular complexity index is 556. The van der Waals surface area contributed by atoms with E-state index < -0.39 is 48.2 Å². The van der Waals surface area contributed by atoms with E-state index in [0.29, 0.717) is 0 Å². The molecule has 2 bridgehead atoms. The Morgan fingerprint density at radius 2 is 2.09 bits per heavy atom. The molecule has 2 saturated heterocycles. The Balaban J connectivity index is 2.10. The normalized spacial score (nSPS) is 50.5. The molecule has 3 heterocycles. The van der Waals surface area contributed by atoms with Crippen LogP contribution in [0, 0.1) is 5.92 Å². The fourth-order valence-corrected chi connectivity index (χ4v) is 3.59. The zero-order valence-corrected chi connectivity index (χ0v) is 12.2. The molecule has 2 fully saturated rings. The molecule has 122 valence electrons. The van der Waals surface area contributed by atoms with Gasteiger partial charge in [-0.1, -0.05) is 6.58 Å². The number of esters is 1. The zero-order valence-electron chi connectivity index (χ0n) is 12.2. The van der Waals surface area contributed by atoms with Crippen LogP contribution in [0.4, 0.5) is 0 Å². The van der Waals surface area contributed by atoms with E-state index in [2.05, 4.69) is 6.58 Å². The van der Waals surface area contributed by atoms with E-state index in [9.17, 15) is 25.2 Å². The number of hydrogen-bond donors (Lipinski definition) is 4. The molecule has 7 heteroatoms. The van der Waals surface area contributed by atoms with Crippen LogP contribution in [-0.4, -0.2) is 62.7 Å². The summed E-state index contributed by atoms with van der Waals surface area (Å²) in [5, 5.41) is 40.9. The van der Waals surface area contributed by atoms with Gasteiger partial charge in [0.25, 0.3) is 0 Å². The molecular formula is C15H20O7. The first-order chi connectivity index (χ1) is 10.2. The van der Waals surface area contributed by atoms with Gasteiger partial charge in [-0.15, -0.1) is 0 Å². The van der Waals surface area contributed by atoms with E-state index in [1.165, 1.54) is 6.08 Å². The summed E-state index contributed by atoms with van der Waals surface area (Å²) in [5.74, 6) is -3.17. The van der Waals surface area contributed by atoms with Gasteiger partial charge in [0.1, 0.15) is 6.10 Å². The second-order valence-electron chi connectivity index (χ2n) is 6.46. The molecule has 0 spiro atoms. The molecule has 0 aliphatic carbocycles. The number of aliphatic hydroxyl groups excluding tert-OH is 3. The minimum atomic E-state index is -1.85. The molecule has 0 saturated carbocycles. The number of aliphatic hydroxyl groups is 4. The SMILES string of the molecule is C=C1C(=O)O[C@@H]2/C=C(/CO)[C@@]3(O)C[C@H](O)[C@@](C)(C[C@@H](O)[C@@H]12)O3. The Morgan fingerprint density at radius 3 is 2.73 bits per heavy atom. The molecule has 6 atom stereocenters. The van der Waals surface area contributed by atoms with Gasteiger partial charge >= 0.3 is 5.97 Å². The van der Waals surface area contributed by atoms with Crippen LogP contribution in [0.2, 0.25) is 0 Å². The third-order valence-electron chi connectivity index (χ3n) is 4.91. The van der Waals surface area contributed by atoms with Gasteiger partial charge in [0, 0.05) is 24.0 Å². The lowest BCUT2D eigenvalue weighted by molar-refractivity contribution is -0.209. The van der Waals surface area contributed by atoms with Crippen molar-refractivity contribution in [2.75, 3.05) is 6.61 Å². The largest absolute Gasteiger partial charge is 0.454 e. The van der Waals surface area contributed by atoms with Crippen molar-refractivity contribution in [3.63, 3.8) is 0 Å². The van der Waals surface area contributed by atoms with Crippen LogP contribution in [-0.2, 0) is 14.3 Å². The van der Waals surface area contributed by atoms with Crippen LogP contribution in [0.1, 0.15) is 19.8 Å². The first-order valence-electron chi connectivity index (χ1n) is 7.21. The maximum Gasteiger partial charge on any atom is 0.334 e. The fourth-order valence-electron chi connectivity index (χ4n) is 3.59. The van der Waals surface area contributed by atoms with E-state index >= 15 is 0 Å². The lowest BCUT2D eigenvalue weighted by Crippen LogP contribution is -2.43. The highest BCUT2D eigenvalue weighted by molar-refractivity contribution is 5.91. The monoisotopic (exact) mass is 312 g/mol. The lowest BCUT2D eigenvalue weighted by atomic mass is 9.81. The van der Waals surface area contributed by atoms with Crippen molar-refractivity contribution in [1.82, 2.24) is 0 Å². The highest BCUT2D eigenvalue weighted by Crippen LogP contribution is 2.47. The molecule has 7 nitrogen and oxygen atoms in total. The van der Waals surface area contributed by atoms with E-state index in [0.717, 1.165) is 0 Å². The van der Waals surface area contributed by atoms with Crippen LogP contribution in [0.3, 0.4) is 0 Å². The molecule has 0 unspecified atom stereocenters. The molecule has 0 amide bonds. The van der Waals surface area contributed by atoms with Gasteiger partial charge < -0.3 is 29.9 Å². The van der Waals surface area contributed by atoms with Crippen molar-refractivity contribution in [2.45, 2.75) is 49.5 Å². The van der Waals surface area contributed by atoms with Gasteiger partial charge in [-0.05, 0) is 13.0 Å². The predicted octanol–water partition coefficient (Wildman–Crippen LogP) is -1.00. The summed E-state index contributed by atoms with van der Waals surface area (Å²) in [6, 6.07) is 0. The van der Waals surface area contributed by atoms with Crippen LogP contribution < -0.4 is 0 Å². The molecule has 3 rings (SSSR count). The number of carbonyl (C=O) groups excluding carboxylic acids is 1. The quantitative estimate of drug-likeness (QED) is 0.279. The van der Waals surface area contributed by atoms with Gasteiger partial charge in [-0.3, -0.25) is 0 Å². The minimum Gasteiger partial charge on any atom is -0.454 e. The topological polar surface area (TPSA) is 116 Å².